The zero-order chi connectivity index (χ0) is 13.1. The van der Waals surface area contributed by atoms with Crippen molar-refractivity contribution < 1.29 is 4.39 Å². The Bertz CT molecular complexity index is 583. The Labute approximate surface area is 111 Å². The minimum absolute atomic E-state index is 0.141. The van der Waals surface area contributed by atoms with Crippen LogP contribution in [-0.4, -0.2) is 16.5 Å². The van der Waals surface area contributed by atoms with Gasteiger partial charge in [-0.1, -0.05) is 18.2 Å². The van der Waals surface area contributed by atoms with Gasteiger partial charge in [0.25, 0.3) is 0 Å². The van der Waals surface area contributed by atoms with Crippen LogP contribution in [0.3, 0.4) is 0 Å². The highest BCUT2D eigenvalue weighted by Gasteiger charge is 2.16. The average Bonchev–Trinajstić information content (AvgIpc) is 2.90. The molecular formula is C15H16FN3. The van der Waals surface area contributed by atoms with Gasteiger partial charge in [-0.25, -0.2) is 14.4 Å². The Morgan fingerprint density at radius 3 is 2.95 bits per heavy atom. The molecule has 0 radical (unpaired) electrons. The van der Waals surface area contributed by atoms with Crippen LogP contribution in [0.1, 0.15) is 23.2 Å². The highest BCUT2D eigenvalue weighted by molar-refractivity contribution is 5.48. The van der Waals surface area contributed by atoms with Crippen molar-refractivity contribution in [2.24, 2.45) is 0 Å². The average molecular weight is 257 g/mol. The lowest BCUT2D eigenvalue weighted by molar-refractivity contribution is 0.610. The van der Waals surface area contributed by atoms with E-state index in [1.165, 1.54) is 11.6 Å². The summed E-state index contributed by atoms with van der Waals surface area (Å²) >= 11 is 0. The van der Waals surface area contributed by atoms with Crippen molar-refractivity contribution in [3.8, 4) is 0 Å². The highest BCUT2D eigenvalue weighted by Crippen LogP contribution is 2.24. The number of hydrogen-bond acceptors (Lipinski definition) is 3. The normalized spacial score (nSPS) is 13.3. The molecule has 0 saturated carbocycles. The molecule has 1 aliphatic rings. The molecule has 3 rings (SSSR count). The number of nitrogens with zero attached hydrogens (tertiary/aromatic N) is 2. The van der Waals surface area contributed by atoms with E-state index in [1.807, 2.05) is 12.1 Å². The van der Waals surface area contributed by atoms with Crippen molar-refractivity contribution in [2.75, 3.05) is 11.9 Å². The second-order valence-corrected chi connectivity index (χ2v) is 4.77. The monoisotopic (exact) mass is 257 g/mol. The number of anilines is 1. The second kappa shape index (κ2) is 5.34. The molecule has 4 heteroatoms. The van der Waals surface area contributed by atoms with E-state index in [-0.39, 0.29) is 5.82 Å². The summed E-state index contributed by atoms with van der Waals surface area (Å²) in [5.74, 6) is 0.774. The Kier molecular flexibility index (Phi) is 3.40. The molecule has 98 valence electrons. The van der Waals surface area contributed by atoms with Gasteiger partial charge in [0, 0.05) is 17.8 Å². The van der Waals surface area contributed by atoms with Crippen molar-refractivity contribution >= 4 is 5.82 Å². The first-order valence-corrected chi connectivity index (χ1v) is 6.64. The maximum Gasteiger partial charge on any atom is 0.132 e. The Morgan fingerprint density at radius 2 is 2.05 bits per heavy atom. The van der Waals surface area contributed by atoms with Gasteiger partial charge < -0.3 is 5.32 Å². The zero-order valence-electron chi connectivity index (χ0n) is 10.7. The van der Waals surface area contributed by atoms with Gasteiger partial charge in [-0.2, -0.15) is 0 Å². The second-order valence-electron chi connectivity index (χ2n) is 4.77. The maximum atomic E-state index is 13.5. The quantitative estimate of drug-likeness (QED) is 0.915. The Morgan fingerprint density at radius 1 is 1.16 bits per heavy atom. The van der Waals surface area contributed by atoms with Crippen molar-refractivity contribution in [3.05, 3.63) is 53.2 Å². The van der Waals surface area contributed by atoms with Gasteiger partial charge in [0.05, 0.1) is 0 Å². The number of hydrogen-bond donors (Lipinski definition) is 1. The molecule has 1 N–H and O–H groups in total. The largest absolute Gasteiger partial charge is 0.369 e. The SMILES string of the molecule is Fc1ccccc1CCNc1ncnc2c1CCC2. The number of fused-ring (bicyclic) bond motifs is 1. The molecular weight excluding hydrogens is 241 g/mol. The van der Waals surface area contributed by atoms with Crippen LogP contribution in [-0.2, 0) is 19.3 Å². The third kappa shape index (κ3) is 2.57. The van der Waals surface area contributed by atoms with Crippen molar-refractivity contribution in [1.82, 2.24) is 9.97 Å². The summed E-state index contributed by atoms with van der Waals surface area (Å²) in [7, 11) is 0. The van der Waals surface area contributed by atoms with Gasteiger partial charge in [0.15, 0.2) is 0 Å². The number of benzene rings is 1. The van der Waals surface area contributed by atoms with Crippen molar-refractivity contribution in [2.45, 2.75) is 25.7 Å². The van der Waals surface area contributed by atoms with E-state index in [4.69, 9.17) is 0 Å². The van der Waals surface area contributed by atoms with Crippen LogP contribution in [0.25, 0.3) is 0 Å². The van der Waals surface area contributed by atoms with Gasteiger partial charge in [-0.3, -0.25) is 0 Å². The molecule has 0 amide bonds. The van der Waals surface area contributed by atoms with Crippen molar-refractivity contribution in [1.29, 1.82) is 0 Å². The van der Waals surface area contributed by atoms with Crippen LogP contribution in [0.4, 0.5) is 10.2 Å². The molecule has 0 spiro atoms. The first kappa shape index (κ1) is 12.1. The fourth-order valence-corrected chi connectivity index (χ4v) is 2.53. The van der Waals surface area contributed by atoms with E-state index >= 15 is 0 Å². The number of nitrogens with one attached hydrogen (secondary N) is 1. The molecule has 1 aliphatic carbocycles. The molecule has 0 aliphatic heterocycles. The minimum Gasteiger partial charge on any atom is -0.369 e. The van der Waals surface area contributed by atoms with E-state index in [1.54, 1.807) is 12.4 Å². The molecule has 0 fully saturated rings. The molecule has 0 atom stereocenters. The summed E-state index contributed by atoms with van der Waals surface area (Å²) in [4.78, 5) is 8.58. The van der Waals surface area contributed by atoms with Crippen LogP contribution in [0.15, 0.2) is 30.6 Å². The fraction of sp³-hybridized carbons (Fsp3) is 0.333. The van der Waals surface area contributed by atoms with Gasteiger partial charge >= 0.3 is 0 Å². The summed E-state index contributed by atoms with van der Waals surface area (Å²) < 4.78 is 13.5. The van der Waals surface area contributed by atoms with Crippen LogP contribution in [0.2, 0.25) is 0 Å². The van der Waals surface area contributed by atoms with E-state index < -0.39 is 0 Å². The van der Waals surface area contributed by atoms with Crippen LogP contribution in [0, 0.1) is 5.82 Å². The lowest BCUT2D eigenvalue weighted by Crippen LogP contribution is -2.10. The highest BCUT2D eigenvalue weighted by atomic mass is 19.1. The molecule has 3 nitrogen and oxygen atoms in total. The molecule has 1 aromatic heterocycles. The predicted octanol–water partition coefficient (Wildman–Crippen LogP) is 2.76. The maximum absolute atomic E-state index is 13.5. The number of halogens is 1. The minimum atomic E-state index is -0.141. The number of rotatable bonds is 4. The van der Waals surface area contributed by atoms with Crippen LogP contribution >= 0.6 is 0 Å². The standard InChI is InChI=1S/C15H16FN3/c16-13-6-2-1-4-11(13)8-9-17-15-12-5-3-7-14(12)18-10-19-15/h1-2,4,6,10H,3,5,7-9H2,(H,17,18,19). The van der Waals surface area contributed by atoms with Gasteiger partial charge in [0.1, 0.15) is 18.0 Å². The first-order chi connectivity index (χ1) is 9.34. The molecule has 19 heavy (non-hydrogen) atoms. The molecule has 2 aromatic rings. The number of aromatic nitrogens is 2. The van der Waals surface area contributed by atoms with Crippen LogP contribution in [0.5, 0.6) is 0 Å². The summed E-state index contributed by atoms with van der Waals surface area (Å²) in [5, 5.41) is 3.30. The molecule has 1 heterocycles. The van der Waals surface area contributed by atoms with Gasteiger partial charge in [-0.05, 0) is 37.3 Å². The number of aryl methyl sites for hydroxylation is 1. The zero-order valence-corrected chi connectivity index (χ0v) is 10.7. The third-order valence-electron chi connectivity index (χ3n) is 3.52. The summed E-state index contributed by atoms with van der Waals surface area (Å²) in [6, 6.07) is 6.89. The van der Waals surface area contributed by atoms with E-state index in [9.17, 15) is 4.39 Å². The Hall–Kier alpha value is -1.97. The predicted molar refractivity (Wildman–Crippen MR) is 72.7 cm³/mol. The van der Waals surface area contributed by atoms with Crippen LogP contribution < -0.4 is 5.32 Å². The molecule has 1 aromatic carbocycles. The van der Waals surface area contributed by atoms with Gasteiger partial charge in [0.2, 0.25) is 0 Å². The van der Waals surface area contributed by atoms with Crippen molar-refractivity contribution in [3.63, 3.8) is 0 Å². The third-order valence-corrected chi connectivity index (χ3v) is 3.52. The smallest absolute Gasteiger partial charge is 0.132 e. The lowest BCUT2D eigenvalue weighted by atomic mass is 10.1. The fourth-order valence-electron chi connectivity index (χ4n) is 2.53. The van der Waals surface area contributed by atoms with E-state index in [2.05, 4.69) is 15.3 Å². The summed E-state index contributed by atoms with van der Waals surface area (Å²) in [6.45, 7) is 0.685. The molecule has 0 bridgehead atoms. The summed E-state index contributed by atoms with van der Waals surface area (Å²) in [6.07, 6.45) is 5.50. The summed E-state index contributed by atoms with van der Waals surface area (Å²) in [5.41, 5.74) is 3.13. The van der Waals surface area contributed by atoms with E-state index in [0.717, 1.165) is 36.3 Å². The van der Waals surface area contributed by atoms with Gasteiger partial charge in [-0.15, -0.1) is 0 Å². The molecule has 0 unspecified atom stereocenters. The Balaban J connectivity index is 1.65. The topological polar surface area (TPSA) is 37.8 Å². The lowest BCUT2D eigenvalue weighted by Gasteiger charge is -2.09. The molecule has 0 saturated heterocycles. The first-order valence-electron chi connectivity index (χ1n) is 6.64. The van der Waals surface area contributed by atoms with E-state index in [0.29, 0.717) is 13.0 Å².